The number of hydrogen-bond donors (Lipinski definition) is 2. The lowest BCUT2D eigenvalue weighted by Crippen LogP contribution is -2.28. The number of halogens is 1. The summed E-state index contributed by atoms with van der Waals surface area (Å²) in [6.45, 7) is 2.22. The second kappa shape index (κ2) is 10.8. The van der Waals surface area contributed by atoms with Gasteiger partial charge in [0.2, 0.25) is 0 Å². The molecule has 3 amide bonds. The van der Waals surface area contributed by atoms with Gasteiger partial charge in [-0.25, -0.2) is 24.1 Å². The molecule has 0 aliphatic heterocycles. The number of urea groups is 1. The first-order valence-electron chi connectivity index (χ1n) is 10.8. The highest BCUT2D eigenvalue weighted by Gasteiger charge is 2.18. The van der Waals surface area contributed by atoms with Gasteiger partial charge in [-0.15, -0.1) is 11.3 Å². The number of rotatable bonds is 7. The van der Waals surface area contributed by atoms with E-state index < -0.39 is 6.03 Å². The average Bonchev–Trinajstić information content (AvgIpc) is 3.29. The van der Waals surface area contributed by atoms with E-state index in [1.54, 1.807) is 37.7 Å². The molecule has 0 saturated heterocycles. The molecular formula is C25H23FN6O2S. The maximum atomic E-state index is 13.2. The van der Waals surface area contributed by atoms with Crippen molar-refractivity contribution in [2.75, 3.05) is 12.4 Å². The molecule has 0 aliphatic rings. The molecule has 4 rings (SSSR count). The molecule has 0 aliphatic carbocycles. The summed E-state index contributed by atoms with van der Waals surface area (Å²) >= 11 is 1.25. The van der Waals surface area contributed by atoms with Crippen LogP contribution in [0.3, 0.4) is 0 Å². The Morgan fingerprint density at radius 1 is 1.09 bits per heavy atom. The van der Waals surface area contributed by atoms with E-state index in [-0.39, 0.29) is 24.8 Å². The van der Waals surface area contributed by atoms with Gasteiger partial charge in [-0.1, -0.05) is 42.5 Å². The van der Waals surface area contributed by atoms with Crippen molar-refractivity contribution in [1.82, 2.24) is 25.2 Å². The number of carbonyl (C=O) groups excluding carboxylic acids is 2. The lowest BCUT2D eigenvalue weighted by Gasteiger charge is -2.17. The summed E-state index contributed by atoms with van der Waals surface area (Å²) in [5, 5.41) is 7.48. The number of aryl methyl sites for hydroxylation is 1. The van der Waals surface area contributed by atoms with Crippen LogP contribution in [0.5, 0.6) is 0 Å². The molecule has 0 spiro atoms. The average molecular weight is 491 g/mol. The van der Waals surface area contributed by atoms with Crippen LogP contribution in [0.4, 0.5) is 14.3 Å². The zero-order chi connectivity index (χ0) is 24.8. The fraction of sp³-hybridized carbons (Fsp3) is 0.160. The molecule has 2 N–H and O–H groups in total. The van der Waals surface area contributed by atoms with Crippen LogP contribution in [0.2, 0.25) is 0 Å². The first-order chi connectivity index (χ1) is 16.9. The molecule has 0 unspecified atom stereocenters. The Morgan fingerprint density at radius 2 is 1.89 bits per heavy atom. The zero-order valence-electron chi connectivity index (χ0n) is 19.2. The molecule has 0 atom stereocenters. The molecule has 2 aromatic heterocycles. The number of anilines is 1. The lowest BCUT2D eigenvalue weighted by molar-refractivity contribution is 0.0782. The minimum absolute atomic E-state index is 0.184. The van der Waals surface area contributed by atoms with Crippen LogP contribution in [0.25, 0.3) is 11.4 Å². The molecule has 35 heavy (non-hydrogen) atoms. The molecule has 0 saturated carbocycles. The highest BCUT2D eigenvalue weighted by Crippen LogP contribution is 2.19. The maximum Gasteiger partial charge on any atom is 0.321 e. The third-order valence-corrected chi connectivity index (χ3v) is 5.91. The van der Waals surface area contributed by atoms with Crippen molar-refractivity contribution in [2.24, 2.45) is 0 Å². The van der Waals surface area contributed by atoms with Gasteiger partial charge < -0.3 is 10.2 Å². The van der Waals surface area contributed by atoms with E-state index >= 15 is 0 Å². The van der Waals surface area contributed by atoms with Gasteiger partial charge in [0.15, 0.2) is 11.0 Å². The molecule has 0 radical (unpaired) electrons. The Kier molecular flexibility index (Phi) is 7.41. The minimum atomic E-state index is -0.453. The Bertz CT molecular complexity index is 1340. The van der Waals surface area contributed by atoms with E-state index in [1.165, 1.54) is 28.4 Å². The number of nitrogens with zero attached hydrogens (tertiary/aromatic N) is 4. The van der Waals surface area contributed by atoms with Gasteiger partial charge in [-0.2, -0.15) is 0 Å². The monoisotopic (exact) mass is 490 g/mol. The van der Waals surface area contributed by atoms with Crippen LogP contribution in [-0.4, -0.2) is 38.8 Å². The van der Waals surface area contributed by atoms with Crippen LogP contribution in [0, 0.1) is 12.7 Å². The Morgan fingerprint density at radius 3 is 2.63 bits per heavy atom. The molecule has 0 fully saturated rings. The third kappa shape index (κ3) is 6.24. The highest BCUT2D eigenvalue weighted by atomic mass is 32.1. The molecule has 8 nitrogen and oxygen atoms in total. The minimum Gasteiger partial charge on any atom is -0.336 e. The van der Waals surface area contributed by atoms with E-state index in [0.29, 0.717) is 33.5 Å². The van der Waals surface area contributed by atoms with Crippen LogP contribution in [0.15, 0.2) is 66.2 Å². The summed E-state index contributed by atoms with van der Waals surface area (Å²) in [4.78, 5) is 39.8. The zero-order valence-corrected chi connectivity index (χ0v) is 20.0. The second-order valence-corrected chi connectivity index (χ2v) is 8.66. The van der Waals surface area contributed by atoms with Crippen LogP contribution < -0.4 is 10.6 Å². The third-order valence-electron chi connectivity index (χ3n) is 5.10. The lowest BCUT2D eigenvalue weighted by atomic mass is 10.1. The van der Waals surface area contributed by atoms with Crippen LogP contribution in [0.1, 0.15) is 27.3 Å². The molecule has 10 heteroatoms. The maximum absolute atomic E-state index is 13.2. The van der Waals surface area contributed by atoms with Gasteiger partial charge in [0.25, 0.3) is 5.91 Å². The Balaban J connectivity index is 1.33. The first kappa shape index (κ1) is 24.0. The summed E-state index contributed by atoms with van der Waals surface area (Å²) in [5.41, 5.74) is 3.16. The van der Waals surface area contributed by atoms with E-state index in [2.05, 4.69) is 25.6 Å². The van der Waals surface area contributed by atoms with Crippen molar-refractivity contribution >= 4 is 28.4 Å². The number of carbonyl (C=O) groups is 2. The van der Waals surface area contributed by atoms with Crippen molar-refractivity contribution in [3.05, 3.63) is 94.5 Å². The summed E-state index contributed by atoms with van der Waals surface area (Å²) in [6.07, 6.45) is 1.54. The van der Waals surface area contributed by atoms with E-state index in [1.807, 2.05) is 30.3 Å². The molecule has 0 bridgehead atoms. The summed E-state index contributed by atoms with van der Waals surface area (Å²) < 4.78 is 13.2. The number of hydrogen-bond acceptors (Lipinski definition) is 6. The van der Waals surface area contributed by atoms with Gasteiger partial charge >= 0.3 is 6.03 Å². The fourth-order valence-electron chi connectivity index (χ4n) is 3.33. The van der Waals surface area contributed by atoms with Crippen molar-refractivity contribution in [1.29, 1.82) is 0 Å². The first-order valence-corrected chi connectivity index (χ1v) is 11.7. The van der Waals surface area contributed by atoms with Crippen molar-refractivity contribution < 1.29 is 14.0 Å². The van der Waals surface area contributed by atoms with Crippen molar-refractivity contribution in [2.45, 2.75) is 20.0 Å². The topological polar surface area (TPSA) is 100 Å². The number of nitrogens with one attached hydrogen (secondary N) is 2. The summed E-state index contributed by atoms with van der Waals surface area (Å²) in [7, 11) is 1.67. The molecule has 4 aromatic rings. The van der Waals surface area contributed by atoms with Crippen LogP contribution >= 0.6 is 11.3 Å². The van der Waals surface area contributed by atoms with Gasteiger partial charge in [0, 0.05) is 30.7 Å². The summed E-state index contributed by atoms with van der Waals surface area (Å²) in [6, 6.07) is 15.1. The predicted molar refractivity (Wildman–Crippen MR) is 132 cm³/mol. The van der Waals surface area contributed by atoms with Crippen molar-refractivity contribution in [3.63, 3.8) is 0 Å². The molecular weight excluding hydrogens is 467 g/mol. The Labute approximate surface area is 205 Å². The van der Waals surface area contributed by atoms with E-state index in [9.17, 15) is 14.0 Å². The number of thiazole rings is 1. The van der Waals surface area contributed by atoms with Gasteiger partial charge in [0.1, 0.15) is 5.82 Å². The van der Waals surface area contributed by atoms with Gasteiger partial charge in [-0.05, 0) is 24.6 Å². The number of benzene rings is 2. The summed E-state index contributed by atoms with van der Waals surface area (Å²) in [5.74, 6) is -0.0208. The van der Waals surface area contributed by atoms with Crippen molar-refractivity contribution in [3.8, 4) is 11.4 Å². The smallest absolute Gasteiger partial charge is 0.321 e. The van der Waals surface area contributed by atoms with E-state index in [0.717, 1.165) is 5.56 Å². The highest BCUT2D eigenvalue weighted by molar-refractivity contribution is 7.13. The normalized spacial score (nSPS) is 10.6. The fourth-order valence-corrected chi connectivity index (χ4v) is 4.03. The largest absolute Gasteiger partial charge is 0.336 e. The second-order valence-electron chi connectivity index (χ2n) is 7.80. The van der Waals surface area contributed by atoms with Gasteiger partial charge in [-0.3, -0.25) is 10.1 Å². The predicted octanol–water partition coefficient (Wildman–Crippen LogP) is 4.64. The standard InChI is InChI=1S/C25H23FN6O2S/c1-16-21(13-27-22(29-16)18-8-4-3-5-9-18)23(33)32(2)14-20-15-35-25(30-20)31-24(34)28-12-17-7-6-10-19(26)11-17/h3-11,13,15H,12,14H2,1-2H3,(H2,28,30,31,34). The Hall–Kier alpha value is -4.18. The van der Waals surface area contributed by atoms with E-state index in [4.69, 9.17) is 0 Å². The van der Waals surface area contributed by atoms with Gasteiger partial charge in [0.05, 0.1) is 23.5 Å². The molecule has 2 aromatic carbocycles. The van der Waals surface area contributed by atoms with Crippen LogP contribution in [-0.2, 0) is 13.1 Å². The SMILES string of the molecule is Cc1nc(-c2ccccc2)ncc1C(=O)N(C)Cc1csc(NC(=O)NCc2cccc(F)c2)n1. The number of aromatic nitrogens is 3. The molecule has 178 valence electrons. The quantitative estimate of drug-likeness (QED) is 0.393. The number of amides is 3. The molecule has 2 heterocycles.